The third-order valence-electron chi connectivity index (χ3n) is 2.42. The molecule has 0 aliphatic rings. The van der Waals surface area contributed by atoms with Gasteiger partial charge in [-0.3, -0.25) is 4.68 Å². The molecular formula is C11H20N2O. The van der Waals surface area contributed by atoms with Gasteiger partial charge in [-0.25, -0.2) is 0 Å². The summed E-state index contributed by atoms with van der Waals surface area (Å²) in [5.41, 5.74) is 2.85. The molecule has 1 N–H and O–H groups in total. The standard InChI is InChI=1S/C11H20N2O/c1-6-10-8(2)12-13(9(10)3)7-11(4,5)14/h14H,6-7H2,1-5H3. The number of hydrogen-bond donors (Lipinski definition) is 1. The van der Waals surface area contributed by atoms with Crippen LogP contribution >= 0.6 is 0 Å². The van der Waals surface area contributed by atoms with E-state index < -0.39 is 5.60 Å². The predicted molar refractivity (Wildman–Crippen MR) is 57.4 cm³/mol. The van der Waals surface area contributed by atoms with E-state index in [4.69, 9.17) is 0 Å². The van der Waals surface area contributed by atoms with Crippen molar-refractivity contribution < 1.29 is 5.11 Å². The van der Waals surface area contributed by atoms with Crippen LogP contribution in [0.1, 0.15) is 37.7 Å². The fourth-order valence-corrected chi connectivity index (χ4v) is 1.77. The van der Waals surface area contributed by atoms with Crippen LogP contribution in [0.2, 0.25) is 0 Å². The summed E-state index contributed by atoms with van der Waals surface area (Å²) < 4.78 is 1.90. The lowest BCUT2D eigenvalue weighted by Gasteiger charge is -2.18. The van der Waals surface area contributed by atoms with E-state index in [1.54, 1.807) is 13.8 Å². The van der Waals surface area contributed by atoms with Crippen LogP contribution in [-0.4, -0.2) is 20.5 Å². The van der Waals surface area contributed by atoms with Gasteiger partial charge in [0, 0.05) is 5.69 Å². The van der Waals surface area contributed by atoms with Gasteiger partial charge in [0.15, 0.2) is 0 Å². The van der Waals surface area contributed by atoms with Crippen LogP contribution in [0.4, 0.5) is 0 Å². The van der Waals surface area contributed by atoms with E-state index in [9.17, 15) is 5.11 Å². The molecule has 0 aliphatic carbocycles. The number of aryl methyl sites for hydroxylation is 1. The second-order valence-corrected chi connectivity index (χ2v) is 4.47. The van der Waals surface area contributed by atoms with Gasteiger partial charge in [0.25, 0.3) is 0 Å². The fraction of sp³-hybridized carbons (Fsp3) is 0.727. The summed E-state index contributed by atoms with van der Waals surface area (Å²) in [5, 5.41) is 14.1. The molecule has 3 heteroatoms. The molecule has 0 atom stereocenters. The van der Waals surface area contributed by atoms with Crippen LogP contribution in [0.5, 0.6) is 0 Å². The molecule has 0 bridgehead atoms. The molecule has 1 aromatic heterocycles. The highest BCUT2D eigenvalue weighted by molar-refractivity contribution is 5.24. The summed E-state index contributed by atoms with van der Waals surface area (Å²) in [6.07, 6.45) is 1.00. The minimum absolute atomic E-state index is 0.555. The first-order chi connectivity index (χ1) is 6.35. The third-order valence-corrected chi connectivity index (χ3v) is 2.42. The van der Waals surface area contributed by atoms with Gasteiger partial charge in [0.1, 0.15) is 0 Å². The van der Waals surface area contributed by atoms with Crippen molar-refractivity contribution in [1.29, 1.82) is 0 Å². The summed E-state index contributed by atoms with van der Waals surface area (Å²) in [6.45, 7) is 10.4. The van der Waals surface area contributed by atoms with Crippen molar-refractivity contribution >= 4 is 0 Å². The largest absolute Gasteiger partial charge is 0.389 e. The zero-order valence-electron chi connectivity index (χ0n) is 9.76. The first-order valence-electron chi connectivity index (χ1n) is 5.10. The smallest absolute Gasteiger partial charge is 0.0786 e. The number of aliphatic hydroxyl groups is 1. The maximum Gasteiger partial charge on any atom is 0.0786 e. The Labute approximate surface area is 85.8 Å². The molecule has 80 valence electrons. The van der Waals surface area contributed by atoms with Crippen molar-refractivity contribution in [3.05, 3.63) is 17.0 Å². The van der Waals surface area contributed by atoms with Crippen LogP contribution in [0.25, 0.3) is 0 Å². The van der Waals surface area contributed by atoms with E-state index in [-0.39, 0.29) is 0 Å². The fourth-order valence-electron chi connectivity index (χ4n) is 1.77. The van der Waals surface area contributed by atoms with Crippen LogP contribution in [0.15, 0.2) is 0 Å². The van der Waals surface area contributed by atoms with E-state index >= 15 is 0 Å². The molecule has 0 spiro atoms. The minimum Gasteiger partial charge on any atom is -0.389 e. The normalized spacial score (nSPS) is 12.1. The first-order valence-corrected chi connectivity index (χ1v) is 5.10. The summed E-state index contributed by atoms with van der Waals surface area (Å²) >= 11 is 0. The highest BCUT2D eigenvalue weighted by Crippen LogP contribution is 2.16. The molecular weight excluding hydrogens is 176 g/mol. The Hall–Kier alpha value is -0.830. The third kappa shape index (κ3) is 2.35. The first kappa shape index (κ1) is 11.2. The molecule has 0 aromatic carbocycles. The van der Waals surface area contributed by atoms with Crippen molar-refractivity contribution in [2.75, 3.05) is 0 Å². The van der Waals surface area contributed by atoms with E-state index in [0.29, 0.717) is 6.54 Å². The molecule has 0 saturated carbocycles. The molecule has 0 aliphatic heterocycles. The molecule has 3 nitrogen and oxygen atoms in total. The van der Waals surface area contributed by atoms with Gasteiger partial charge in [0.2, 0.25) is 0 Å². The average Bonchev–Trinajstić information content (AvgIpc) is 2.24. The van der Waals surface area contributed by atoms with Gasteiger partial charge in [-0.2, -0.15) is 5.10 Å². The van der Waals surface area contributed by atoms with Crippen molar-refractivity contribution in [1.82, 2.24) is 9.78 Å². The van der Waals surface area contributed by atoms with Crippen molar-refractivity contribution in [3.8, 4) is 0 Å². The Bertz CT molecular complexity index is 321. The van der Waals surface area contributed by atoms with Gasteiger partial charge in [0.05, 0.1) is 17.8 Å². The lowest BCUT2D eigenvalue weighted by Crippen LogP contribution is -2.27. The number of aromatic nitrogens is 2. The minimum atomic E-state index is -0.700. The molecule has 1 heterocycles. The van der Waals surface area contributed by atoms with Crippen molar-refractivity contribution in [2.45, 2.75) is 53.2 Å². The summed E-state index contributed by atoms with van der Waals surface area (Å²) in [6, 6.07) is 0. The van der Waals surface area contributed by atoms with E-state index in [1.165, 1.54) is 11.3 Å². The van der Waals surface area contributed by atoms with Gasteiger partial charge >= 0.3 is 0 Å². The molecule has 0 fully saturated rings. The molecule has 1 rings (SSSR count). The van der Waals surface area contributed by atoms with Gasteiger partial charge in [-0.1, -0.05) is 6.92 Å². The topological polar surface area (TPSA) is 38.0 Å². The summed E-state index contributed by atoms with van der Waals surface area (Å²) in [5.74, 6) is 0. The zero-order chi connectivity index (χ0) is 10.9. The Morgan fingerprint density at radius 2 is 1.93 bits per heavy atom. The summed E-state index contributed by atoms with van der Waals surface area (Å²) in [4.78, 5) is 0. The van der Waals surface area contributed by atoms with Crippen molar-refractivity contribution in [3.63, 3.8) is 0 Å². The highest BCUT2D eigenvalue weighted by Gasteiger charge is 2.17. The Balaban J connectivity index is 3.00. The average molecular weight is 196 g/mol. The van der Waals surface area contributed by atoms with E-state index in [0.717, 1.165) is 12.1 Å². The van der Waals surface area contributed by atoms with Gasteiger partial charge in [-0.05, 0) is 39.7 Å². The van der Waals surface area contributed by atoms with Gasteiger partial charge < -0.3 is 5.11 Å². The molecule has 0 unspecified atom stereocenters. The van der Waals surface area contributed by atoms with Gasteiger partial charge in [-0.15, -0.1) is 0 Å². The number of nitrogens with zero attached hydrogens (tertiary/aromatic N) is 2. The molecule has 0 saturated heterocycles. The Kier molecular flexibility index (Phi) is 3.00. The molecule has 1 aromatic rings. The van der Waals surface area contributed by atoms with E-state index in [2.05, 4.69) is 18.9 Å². The molecule has 14 heavy (non-hydrogen) atoms. The molecule has 0 radical (unpaired) electrons. The van der Waals surface area contributed by atoms with Crippen LogP contribution in [-0.2, 0) is 13.0 Å². The highest BCUT2D eigenvalue weighted by atomic mass is 16.3. The van der Waals surface area contributed by atoms with Crippen molar-refractivity contribution in [2.24, 2.45) is 0 Å². The lowest BCUT2D eigenvalue weighted by atomic mass is 10.1. The number of hydrogen-bond acceptors (Lipinski definition) is 2. The zero-order valence-corrected chi connectivity index (χ0v) is 9.76. The quantitative estimate of drug-likeness (QED) is 0.801. The number of rotatable bonds is 3. The second-order valence-electron chi connectivity index (χ2n) is 4.47. The van der Waals surface area contributed by atoms with Crippen LogP contribution < -0.4 is 0 Å². The maximum absolute atomic E-state index is 9.71. The lowest BCUT2D eigenvalue weighted by molar-refractivity contribution is 0.0570. The van der Waals surface area contributed by atoms with E-state index in [1.807, 2.05) is 11.6 Å². The van der Waals surface area contributed by atoms with Crippen LogP contribution in [0.3, 0.4) is 0 Å². The second kappa shape index (κ2) is 3.73. The summed E-state index contributed by atoms with van der Waals surface area (Å²) in [7, 11) is 0. The molecule has 0 amide bonds. The Morgan fingerprint density at radius 3 is 2.29 bits per heavy atom. The predicted octanol–water partition coefficient (Wildman–Crippen LogP) is 1.83. The monoisotopic (exact) mass is 196 g/mol. The Morgan fingerprint density at radius 1 is 1.36 bits per heavy atom. The maximum atomic E-state index is 9.71. The van der Waals surface area contributed by atoms with Crippen LogP contribution in [0, 0.1) is 13.8 Å². The SMILES string of the molecule is CCc1c(C)nn(CC(C)(C)O)c1C.